The number of ether oxygens (including phenoxy) is 2. The molecule has 0 aromatic heterocycles. The predicted molar refractivity (Wildman–Crippen MR) is 184 cm³/mol. The molecular formula is C35H40Br2N4O6. The van der Waals surface area contributed by atoms with Gasteiger partial charge in [0, 0.05) is 59.6 Å². The maximum absolute atomic E-state index is 13.9. The Morgan fingerprint density at radius 3 is 1.89 bits per heavy atom. The highest BCUT2D eigenvalue weighted by molar-refractivity contribution is 9.11. The first-order valence-corrected chi connectivity index (χ1v) is 17.5. The van der Waals surface area contributed by atoms with E-state index in [2.05, 4.69) is 42.1 Å². The Balaban J connectivity index is 1.46. The number of methoxy groups -OCH3 is 2. The van der Waals surface area contributed by atoms with Gasteiger partial charge in [0.25, 0.3) is 0 Å². The maximum Gasteiger partial charge on any atom is 0.336 e. The zero-order valence-electron chi connectivity index (χ0n) is 26.7. The Kier molecular flexibility index (Phi) is 11.9. The summed E-state index contributed by atoms with van der Waals surface area (Å²) in [6.45, 7) is 4.10. The average molecular weight is 773 g/mol. The van der Waals surface area contributed by atoms with Crippen LogP contribution in [0.15, 0.2) is 80.0 Å². The number of carbonyl (C=O) groups excluding carboxylic acids is 4. The smallest absolute Gasteiger partial charge is 0.336 e. The monoisotopic (exact) mass is 770 g/mol. The molecule has 250 valence electrons. The molecule has 2 aromatic carbocycles. The van der Waals surface area contributed by atoms with Crippen LogP contribution in [0.3, 0.4) is 0 Å². The molecule has 12 heteroatoms. The number of halogens is 2. The first-order chi connectivity index (χ1) is 22.7. The molecule has 2 fully saturated rings. The number of benzene rings is 2. The molecule has 3 aliphatic rings. The standard InChI is InChI=1S/C35H40Br2N4O6/c1-46-34(44)31-26(14-13-23-9-4-3-5-10-23)38-27(32(35(45)47-2)33(31)30-24(36)11-8-12-25(30)37)21-28(42)41-19-17-39(18-20-41)22-29(43)40-15-6-7-16-40/h3-5,8-12,33,38H,6-7,13-22H2,1-2H3. The highest BCUT2D eigenvalue weighted by atomic mass is 79.9. The third-order valence-corrected chi connectivity index (χ3v) is 10.4. The van der Waals surface area contributed by atoms with Crippen molar-refractivity contribution >= 4 is 55.6 Å². The molecular weight excluding hydrogens is 732 g/mol. The number of likely N-dealkylation sites (tertiary alicyclic amines) is 1. The zero-order valence-corrected chi connectivity index (χ0v) is 29.9. The first-order valence-electron chi connectivity index (χ1n) is 15.9. The highest BCUT2D eigenvalue weighted by Crippen LogP contribution is 2.46. The molecule has 3 heterocycles. The third kappa shape index (κ3) is 8.16. The van der Waals surface area contributed by atoms with Crippen molar-refractivity contribution in [3.63, 3.8) is 0 Å². The zero-order chi connectivity index (χ0) is 33.5. The van der Waals surface area contributed by atoms with Crippen LogP contribution in [-0.2, 0) is 35.1 Å². The lowest BCUT2D eigenvalue weighted by Gasteiger charge is -2.36. The molecule has 1 unspecified atom stereocenters. The van der Waals surface area contributed by atoms with Crippen molar-refractivity contribution in [2.45, 2.75) is 38.0 Å². The average Bonchev–Trinajstić information content (AvgIpc) is 3.63. The van der Waals surface area contributed by atoms with E-state index in [1.165, 1.54) is 14.2 Å². The number of dihydropyridines is 1. The predicted octanol–water partition coefficient (Wildman–Crippen LogP) is 4.54. The second-order valence-corrected chi connectivity index (χ2v) is 13.6. The molecule has 0 radical (unpaired) electrons. The summed E-state index contributed by atoms with van der Waals surface area (Å²) in [5.41, 5.74) is 3.14. The molecule has 2 saturated heterocycles. The van der Waals surface area contributed by atoms with E-state index in [9.17, 15) is 19.2 Å². The van der Waals surface area contributed by atoms with Gasteiger partial charge in [-0.3, -0.25) is 14.5 Å². The summed E-state index contributed by atoms with van der Waals surface area (Å²) in [6.07, 6.45) is 3.05. The van der Waals surface area contributed by atoms with Gasteiger partial charge >= 0.3 is 11.9 Å². The number of rotatable bonds is 10. The maximum atomic E-state index is 13.9. The quantitative estimate of drug-likeness (QED) is 0.351. The molecule has 0 aliphatic carbocycles. The van der Waals surface area contributed by atoms with Crippen LogP contribution in [0.1, 0.15) is 42.7 Å². The second-order valence-electron chi connectivity index (χ2n) is 11.9. The van der Waals surface area contributed by atoms with Crippen molar-refractivity contribution in [1.82, 2.24) is 20.0 Å². The summed E-state index contributed by atoms with van der Waals surface area (Å²) >= 11 is 7.29. The minimum absolute atomic E-state index is 0.0982. The van der Waals surface area contributed by atoms with E-state index < -0.39 is 17.9 Å². The lowest BCUT2D eigenvalue weighted by Crippen LogP contribution is -2.51. The van der Waals surface area contributed by atoms with Gasteiger partial charge in [-0.25, -0.2) is 9.59 Å². The molecule has 3 aliphatic heterocycles. The van der Waals surface area contributed by atoms with E-state index in [0.717, 1.165) is 31.5 Å². The molecule has 0 spiro atoms. The minimum atomic E-state index is -0.886. The number of hydrogen-bond donors (Lipinski definition) is 1. The largest absolute Gasteiger partial charge is 0.466 e. The number of nitrogens with zero attached hydrogens (tertiary/aromatic N) is 3. The Morgan fingerprint density at radius 2 is 1.30 bits per heavy atom. The van der Waals surface area contributed by atoms with E-state index in [1.54, 1.807) is 4.90 Å². The summed E-state index contributed by atoms with van der Waals surface area (Å²) in [5, 5.41) is 3.35. The fraction of sp³-hybridized carbons (Fsp3) is 0.429. The molecule has 0 bridgehead atoms. The van der Waals surface area contributed by atoms with E-state index in [1.807, 2.05) is 53.4 Å². The van der Waals surface area contributed by atoms with Crippen molar-refractivity contribution in [2.75, 3.05) is 60.0 Å². The van der Waals surface area contributed by atoms with Gasteiger partial charge in [-0.15, -0.1) is 0 Å². The van der Waals surface area contributed by atoms with Crippen molar-refractivity contribution in [1.29, 1.82) is 0 Å². The molecule has 1 N–H and O–H groups in total. The van der Waals surface area contributed by atoms with Crippen molar-refractivity contribution < 1.29 is 28.7 Å². The molecule has 0 saturated carbocycles. The van der Waals surface area contributed by atoms with E-state index >= 15 is 0 Å². The molecule has 1 atom stereocenters. The van der Waals surface area contributed by atoms with Crippen molar-refractivity contribution in [2.24, 2.45) is 0 Å². The van der Waals surface area contributed by atoms with Crippen LogP contribution >= 0.6 is 31.9 Å². The van der Waals surface area contributed by atoms with E-state index in [0.29, 0.717) is 71.5 Å². The second kappa shape index (κ2) is 16.1. The third-order valence-electron chi connectivity index (χ3n) is 9.01. The Hall–Kier alpha value is -3.48. The van der Waals surface area contributed by atoms with Crippen LogP contribution in [0, 0.1) is 0 Å². The van der Waals surface area contributed by atoms with Crippen molar-refractivity contribution in [3.05, 3.63) is 91.1 Å². The van der Waals surface area contributed by atoms with Gasteiger partial charge in [0.15, 0.2) is 0 Å². The number of aryl methyl sites for hydroxylation is 1. The van der Waals surface area contributed by atoms with Gasteiger partial charge < -0.3 is 24.6 Å². The summed E-state index contributed by atoms with van der Waals surface area (Å²) in [5.74, 6) is -2.14. The van der Waals surface area contributed by atoms with Gasteiger partial charge in [-0.2, -0.15) is 0 Å². The van der Waals surface area contributed by atoms with Crippen LogP contribution in [-0.4, -0.2) is 98.5 Å². The van der Waals surface area contributed by atoms with Gasteiger partial charge in [0.05, 0.1) is 44.2 Å². The lowest BCUT2D eigenvalue weighted by atomic mass is 9.78. The summed E-state index contributed by atoms with van der Waals surface area (Å²) in [4.78, 5) is 59.6. The lowest BCUT2D eigenvalue weighted by molar-refractivity contribution is -0.137. The van der Waals surface area contributed by atoms with Crippen LogP contribution in [0.5, 0.6) is 0 Å². The Bertz CT molecular complexity index is 1540. The van der Waals surface area contributed by atoms with Crippen LogP contribution in [0.4, 0.5) is 0 Å². The SMILES string of the molecule is COC(=O)C1=C(CCc2ccccc2)NC(CC(=O)N2CCN(CC(=O)N3CCCC3)CC2)=C(C(=O)OC)C1c1c(Br)cccc1Br. The van der Waals surface area contributed by atoms with E-state index in [4.69, 9.17) is 9.47 Å². The van der Waals surface area contributed by atoms with Crippen LogP contribution in [0.25, 0.3) is 0 Å². The number of hydrogen-bond acceptors (Lipinski definition) is 8. The molecule has 2 amide bonds. The van der Waals surface area contributed by atoms with Gasteiger partial charge in [0.1, 0.15) is 0 Å². The van der Waals surface area contributed by atoms with Crippen molar-refractivity contribution in [3.8, 4) is 0 Å². The van der Waals surface area contributed by atoms with Gasteiger partial charge in [-0.1, -0.05) is 68.3 Å². The molecule has 10 nitrogen and oxygen atoms in total. The molecule has 2 aromatic rings. The number of nitrogens with one attached hydrogen (secondary N) is 1. The first kappa shape index (κ1) is 34.8. The van der Waals surface area contributed by atoms with E-state index in [-0.39, 0.29) is 29.4 Å². The highest BCUT2D eigenvalue weighted by Gasteiger charge is 2.42. The number of esters is 2. The number of piperazine rings is 1. The minimum Gasteiger partial charge on any atom is -0.466 e. The number of allylic oxidation sites excluding steroid dienone is 1. The van der Waals surface area contributed by atoms with Crippen LogP contribution < -0.4 is 5.32 Å². The Labute approximate surface area is 292 Å². The Morgan fingerprint density at radius 1 is 0.723 bits per heavy atom. The fourth-order valence-electron chi connectivity index (χ4n) is 6.51. The van der Waals surface area contributed by atoms with Crippen LogP contribution in [0.2, 0.25) is 0 Å². The number of amides is 2. The normalized spacial score (nSPS) is 18.7. The summed E-state index contributed by atoms with van der Waals surface area (Å²) in [6, 6.07) is 15.4. The topological polar surface area (TPSA) is 108 Å². The summed E-state index contributed by atoms with van der Waals surface area (Å²) in [7, 11) is 2.60. The molecule has 47 heavy (non-hydrogen) atoms. The number of carbonyl (C=O) groups is 4. The molecule has 5 rings (SSSR count). The summed E-state index contributed by atoms with van der Waals surface area (Å²) < 4.78 is 11.9. The fourth-order valence-corrected chi connectivity index (χ4v) is 7.97. The van der Waals surface area contributed by atoms with Gasteiger partial charge in [0.2, 0.25) is 11.8 Å². The van der Waals surface area contributed by atoms with Gasteiger partial charge in [-0.05, 0) is 48.9 Å².